The fourth-order valence-electron chi connectivity index (χ4n) is 1.19. The van der Waals surface area contributed by atoms with E-state index in [-0.39, 0.29) is 0 Å². The number of hydrogen-bond acceptors (Lipinski definition) is 1. The summed E-state index contributed by atoms with van der Waals surface area (Å²) in [5, 5.41) is 0. The lowest BCUT2D eigenvalue weighted by Crippen LogP contribution is -1.94. The minimum Gasteiger partial charge on any atom is -0.377 e. The lowest BCUT2D eigenvalue weighted by atomic mass is 10.2. The van der Waals surface area contributed by atoms with Crippen LogP contribution < -0.4 is 0 Å². The molecule has 0 saturated heterocycles. The summed E-state index contributed by atoms with van der Waals surface area (Å²) in [6.07, 6.45) is 5.26. The van der Waals surface area contributed by atoms with E-state index in [2.05, 4.69) is 17.0 Å². The van der Waals surface area contributed by atoms with Crippen molar-refractivity contribution < 1.29 is 4.74 Å². The van der Waals surface area contributed by atoms with Gasteiger partial charge in [-0.2, -0.15) is 0 Å². The molecular formula is C13H15NO. The normalized spacial score (nSPS) is 10.3. The van der Waals surface area contributed by atoms with Crippen molar-refractivity contribution in [1.29, 1.82) is 0 Å². The zero-order valence-corrected chi connectivity index (χ0v) is 8.73. The molecule has 0 atom stereocenters. The first-order valence-electron chi connectivity index (χ1n) is 5.06. The maximum atomic E-state index is 6.54. The highest BCUT2D eigenvalue weighted by Gasteiger charge is 1.90. The van der Waals surface area contributed by atoms with Gasteiger partial charge in [-0.3, -0.25) is 0 Å². The lowest BCUT2D eigenvalue weighted by Gasteiger charge is -2.02. The maximum Gasteiger partial charge on any atom is 0.150 e. The smallest absolute Gasteiger partial charge is 0.150 e. The van der Waals surface area contributed by atoms with E-state index in [4.69, 9.17) is 11.3 Å². The topological polar surface area (TPSA) is 13.6 Å². The fourth-order valence-corrected chi connectivity index (χ4v) is 1.19. The van der Waals surface area contributed by atoms with Gasteiger partial charge in [0.15, 0.2) is 0 Å². The molecule has 15 heavy (non-hydrogen) atoms. The number of ether oxygens (including phenoxy) is 1. The molecule has 2 heteroatoms. The first kappa shape index (κ1) is 11.5. The molecule has 2 nitrogen and oxygen atoms in total. The highest BCUT2D eigenvalue weighted by Crippen LogP contribution is 2.01. The zero-order valence-electron chi connectivity index (χ0n) is 8.73. The number of hydrogen-bond donors (Lipinski definition) is 0. The van der Waals surface area contributed by atoms with Gasteiger partial charge in [-0.25, -0.2) is 4.85 Å². The summed E-state index contributed by atoms with van der Waals surface area (Å²) in [5.74, 6) is 0. The van der Waals surface area contributed by atoms with Crippen LogP contribution >= 0.6 is 0 Å². The standard InChI is InChI=1S/C13H15NO/c1-14-10-6-3-7-11-15-12-13-8-4-2-5-9-13/h2,4-6,8-10H,3,7,11-12H2/b10-6+. The number of allylic oxidation sites excluding steroid dienone is 1. The van der Waals surface area contributed by atoms with Gasteiger partial charge < -0.3 is 4.74 Å². The van der Waals surface area contributed by atoms with Crippen LogP contribution in [0.2, 0.25) is 0 Å². The van der Waals surface area contributed by atoms with Gasteiger partial charge in [0.2, 0.25) is 0 Å². The van der Waals surface area contributed by atoms with Gasteiger partial charge in [-0.15, -0.1) is 0 Å². The summed E-state index contributed by atoms with van der Waals surface area (Å²) in [6.45, 7) is 7.96. The van der Waals surface area contributed by atoms with Gasteiger partial charge in [-0.1, -0.05) is 36.4 Å². The van der Waals surface area contributed by atoms with Crippen LogP contribution in [0.3, 0.4) is 0 Å². The molecule has 0 aliphatic heterocycles. The Labute approximate surface area is 91.0 Å². The Morgan fingerprint density at radius 2 is 2.07 bits per heavy atom. The molecule has 0 radical (unpaired) electrons. The molecule has 0 aliphatic carbocycles. The fraction of sp³-hybridized carbons (Fsp3) is 0.308. The van der Waals surface area contributed by atoms with Crippen molar-refractivity contribution in [2.24, 2.45) is 0 Å². The van der Waals surface area contributed by atoms with Gasteiger partial charge in [0.1, 0.15) is 6.20 Å². The molecule has 1 aromatic rings. The van der Waals surface area contributed by atoms with Crippen LogP contribution in [0.25, 0.3) is 4.85 Å². The van der Waals surface area contributed by atoms with Crippen molar-refractivity contribution in [3.63, 3.8) is 0 Å². The van der Waals surface area contributed by atoms with Gasteiger partial charge in [-0.05, 0) is 18.4 Å². The third-order valence-electron chi connectivity index (χ3n) is 1.95. The van der Waals surface area contributed by atoms with Crippen LogP contribution in [0.5, 0.6) is 0 Å². The molecule has 0 aliphatic rings. The molecule has 0 aromatic heterocycles. The van der Waals surface area contributed by atoms with E-state index in [1.54, 1.807) is 0 Å². The number of nitrogens with zero attached hydrogens (tertiary/aromatic N) is 1. The quantitative estimate of drug-likeness (QED) is 0.508. The number of unbranched alkanes of at least 4 members (excludes halogenated alkanes) is 1. The Kier molecular flexibility index (Phi) is 5.96. The van der Waals surface area contributed by atoms with E-state index in [1.165, 1.54) is 11.8 Å². The van der Waals surface area contributed by atoms with Gasteiger partial charge >= 0.3 is 0 Å². The van der Waals surface area contributed by atoms with Crippen LogP contribution in [0, 0.1) is 6.57 Å². The van der Waals surface area contributed by atoms with Crippen LogP contribution in [-0.2, 0) is 11.3 Å². The third kappa shape index (κ3) is 5.66. The Morgan fingerprint density at radius 3 is 2.80 bits per heavy atom. The highest BCUT2D eigenvalue weighted by atomic mass is 16.5. The maximum absolute atomic E-state index is 6.54. The van der Waals surface area contributed by atoms with Crippen LogP contribution in [0.4, 0.5) is 0 Å². The average Bonchev–Trinajstić information content (AvgIpc) is 2.29. The molecule has 0 heterocycles. The summed E-state index contributed by atoms with van der Waals surface area (Å²) >= 11 is 0. The number of benzene rings is 1. The summed E-state index contributed by atoms with van der Waals surface area (Å²) in [7, 11) is 0. The van der Waals surface area contributed by atoms with Crippen LogP contribution in [-0.4, -0.2) is 6.61 Å². The SMILES string of the molecule is [C-]#[N+]/C=C/CCCOCc1ccccc1. The predicted molar refractivity (Wildman–Crippen MR) is 61.1 cm³/mol. The molecule has 0 unspecified atom stereocenters. The Balaban J connectivity index is 2.03. The van der Waals surface area contributed by atoms with Gasteiger partial charge in [0.05, 0.1) is 13.2 Å². The molecule has 1 rings (SSSR count). The van der Waals surface area contributed by atoms with Crippen LogP contribution in [0.15, 0.2) is 42.6 Å². The molecule has 78 valence electrons. The molecule has 0 amide bonds. The third-order valence-corrected chi connectivity index (χ3v) is 1.95. The minimum atomic E-state index is 0.674. The molecule has 0 saturated carbocycles. The second-order valence-electron chi connectivity index (χ2n) is 3.19. The lowest BCUT2D eigenvalue weighted by molar-refractivity contribution is 0.119. The molecule has 0 fully saturated rings. The predicted octanol–water partition coefficient (Wildman–Crippen LogP) is 3.42. The van der Waals surface area contributed by atoms with E-state index in [0.29, 0.717) is 6.61 Å². The van der Waals surface area contributed by atoms with Gasteiger partial charge in [0, 0.05) is 6.61 Å². The largest absolute Gasteiger partial charge is 0.377 e. The highest BCUT2D eigenvalue weighted by molar-refractivity contribution is 5.13. The minimum absolute atomic E-state index is 0.674. The van der Waals surface area contributed by atoms with E-state index >= 15 is 0 Å². The van der Waals surface area contributed by atoms with Crippen molar-refractivity contribution in [2.75, 3.05) is 6.61 Å². The first-order chi connectivity index (χ1) is 7.43. The first-order valence-corrected chi connectivity index (χ1v) is 5.06. The second kappa shape index (κ2) is 7.78. The van der Waals surface area contributed by atoms with E-state index in [1.807, 2.05) is 24.3 Å². The Morgan fingerprint density at radius 1 is 1.27 bits per heavy atom. The molecular weight excluding hydrogens is 186 g/mol. The monoisotopic (exact) mass is 201 g/mol. The van der Waals surface area contributed by atoms with Crippen molar-refractivity contribution in [3.05, 3.63) is 59.6 Å². The molecule has 0 bridgehead atoms. The van der Waals surface area contributed by atoms with Crippen molar-refractivity contribution >= 4 is 0 Å². The summed E-state index contributed by atoms with van der Waals surface area (Å²) in [6, 6.07) is 10.1. The van der Waals surface area contributed by atoms with Crippen molar-refractivity contribution in [1.82, 2.24) is 0 Å². The van der Waals surface area contributed by atoms with Gasteiger partial charge in [0.25, 0.3) is 0 Å². The summed E-state index contributed by atoms with van der Waals surface area (Å²) in [5.41, 5.74) is 1.20. The van der Waals surface area contributed by atoms with E-state index in [9.17, 15) is 0 Å². The van der Waals surface area contributed by atoms with E-state index < -0.39 is 0 Å². The Bertz CT molecular complexity index is 324. The summed E-state index contributed by atoms with van der Waals surface area (Å²) in [4.78, 5) is 3.13. The Hall–Kier alpha value is -1.59. The average molecular weight is 201 g/mol. The van der Waals surface area contributed by atoms with Crippen LogP contribution in [0.1, 0.15) is 18.4 Å². The molecule has 1 aromatic carbocycles. The summed E-state index contributed by atoms with van der Waals surface area (Å²) < 4.78 is 5.49. The van der Waals surface area contributed by atoms with Crippen molar-refractivity contribution in [2.45, 2.75) is 19.4 Å². The second-order valence-corrected chi connectivity index (χ2v) is 3.19. The molecule has 0 N–H and O–H groups in total. The zero-order chi connectivity index (χ0) is 10.8. The number of rotatable bonds is 6. The molecule has 0 spiro atoms. The van der Waals surface area contributed by atoms with Crippen molar-refractivity contribution in [3.8, 4) is 0 Å². The van der Waals surface area contributed by atoms with E-state index in [0.717, 1.165) is 19.4 Å².